The van der Waals surface area contributed by atoms with Crippen LogP contribution >= 0.6 is 39.1 Å². The fourth-order valence-electron chi connectivity index (χ4n) is 3.08. The molecule has 2 amide bonds. The third-order valence-electron chi connectivity index (χ3n) is 5.07. The molecule has 0 aliphatic carbocycles. The largest absolute Gasteiger partial charge is 0.490 e. The number of hydrogen-bond acceptors (Lipinski definition) is 5. The van der Waals surface area contributed by atoms with Gasteiger partial charge in [-0.15, -0.1) is 0 Å². The van der Waals surface area contributed by atoms with Crippen LogP contribution in [0.5, 0.6) is 11.5 Å². The van der Waals surface area contributed by atoms with Gasteiger partial charge in [0.05, 0.1) is 17.3 Å². The first-order chi connectivity index (χ1) is 17.2. The summed E-state index contributed by atoms with van der Waals surface area (Å²) in [5.74, 6) is -0.765. The van der Waals surface area contributed by atoms with Crippen molar-refractivity contribution in [1.82, 2.24) is 5.43 Å². The average Bonchev–Trinajstić information content (AvgIpc) is 2.82. The van der Waals surface area contributed by atoms with Crippen molar-refractivity contribution in [2.24, 2.45) is 5.10 Å². The Morgan fingerprint density at radius 2 is 1.78 bits per heavy atom. The minimum atomic E-state index is -0.895. The van der Waals surface area contributed by atoms with Gasteiger partial charge in [-0.05, 0) is 89.8 Å². The molecule has 0 spiro atoms. The third-order valence-corrected chi connectivity index (χ3v) is 6.25. The van der Waals surface area contributed by atoms with E-state index in [-0.39, 0.29) is 6.61 Å². The second-order valence-electron chi connectivity index (χ2n) is 7.74. The zero-order valence-electron chi connectivity index (χ0n) is 19.8. The molecule has 0 saturated carbocycles. The molecular weight excluding hydrogens is 569 g/mol. The summed E-state index contributed by atoms with van der Waals surface area (Å²) < 4.78 is 12.3. The highest BCUT2D eigenvalue weighted by molar-refractivity contribution is 9.10. The Labute approximate surface area is 227 Å². The second-order valence-corrected chi connectivity index (χ2v) is 9.44. The predicted molar refractivity (Wildman–Crippen MR) is 146 cm³/mol. The normalized spacial score (nSPS) is 10.8. The topological polar surface area (TPSA) is 89.0 Å². The zero-order chi connectivity index (χ0) is 26.2. The maximum absolute atomic E-state index is 12.2. The lowest BCUT2D eigenvalue weighted by atomic mass is 10.1. The highest BCUT2D eigenvalue weighted by atomic mass is 79.9. The van der Waals surface area contributed by atoms with E-state index in [9.17, 15) is 9.59 Å². The number of carbonyl (C=O) groups excluding carboxylic acids is 2. The molecule has 2 N–H and O–H groups in total. The number of halogens is 3. The summed E-state index contributed by atoms with van der Waals surface area (Å²) in [6.07, 6.45) is 1.40. The first kappa shape index (κ1) is 27.5. The number of ether oxygens (including phenoxy) is 2. The highest BCUT2D eigenvalue weighted by Crippen LogP contribution is 2.37. The lowest BCUT2D eigenvalue weighted by molar-refractivity contribution is -0.136. The Balaban J connectivity index is 1.66. The van der Waals surface area contributed by atoms with E-state index in [1.165, 1.54) is 6.21 Å². The van der Waals surface area contributed by atoms with Gasteiger partial charge >= 0.3 is 11.8 Å². The summed E-state index contributed by atoms with van der Waals surface area (Å²) in [7, 11) is 0. The van der Waals surface area contributed by atoms with E-state index >= 15 is 0 Å². The lowest BCUT2D eigenvalue weighted by Crippen LogP contribution is -2.32. The molecule has 0 unspecified atom stereocenters. The number of aryl methyl sites for hydroxylation is 2. The van der Waals surface area contributed by atoms with Crippen LogP contribution in [-0.4, -0.2) is 24.6 Å². The molecule has 0 aliphatic heterocycles. The maximum atomic E-state index is 12.2. The number of amides is 2. The van der Waals surface area contributed by atoms with Crippen molar-refractivity contribution in [3.05, 3.63) is 85.3 Å². The number of benzene rings is 3. The number of hydrazone groups is 1. The summed E-state index contributed by atoms with van der Waals surface area (Å²) in [6, 6.07) is 14.0. The Morgan fingerprint density at radius 1 is 1.00 bits per heavy atom. The predicted octanol–water partition coefficient (Wildman–Crippen LogP) is 6.44. The third kappa shape index (κ3) is 7.46. The number of rotatable bonds is 8. The molecule has 0 bridgehead atoms. The molecule has 3 aromatic carbocycles. The van der Waals surface area contributed by atoms with Gasteiger partial charge in [0.2, 0.25) is 0 Å². The Hall–Kier alpha value is -3.07. The van der Waals surface area contributed by atoms with Crippen molar-refractivity contribution < 1.29 is 19.1 Å². The van der Waals surface area contributed by atoms with Gasteiger partial charge in [0, 0.05) is 21.3 Å². The fraction of sp³-hybridized carbons (Fsp3) is 0.192. The number of hydrogen-bond donors (Lipinski definition) is 2. The van der Waals surface area contributed by atoms with Crippen molar-refractivity contribution in [3.8, 4) is 11.5 Å². The number of anilines is 1. The number of carbonyl (C=O) groups is 2. The highest BCUT2D eigenvalue weighted by Gasteiger charge is 2.15. The molecule has 188 valence electrons. The van der Waals surface area contributed by atoms with E-state index in [0.717, 1.165) is 16.7 Å². The quantitative estimate of drug-likeness (QED) is 0.179. The molecule has 36 heavy (non-hydrogen) atoms. The van der Waals surface area contributed by atoms with Gasteiger partial charge in [0.25, 0.3) is 0 Å². The van der Waals surface area contributed by atoms with Crippen molar-refractivity contribution in [2.45, 2.75) is 27.4 Å². The number of nitrogens with one attached hydrogen (secondary N) is 2. The Morgan fingerprint density at radius 3 is 2.47 bits per heavy atom. The van der Waals surface area contributed by atoms with Gasteiger partial charge in [-0.25, -0.2) is 5.43 Å². The molecule has 0 aliphatic rings. The van der Waals surface area contributed by atoms with E-state index < -0.39 is 11.8 Å². The maximum Gasteiger partial charge on any atom is 0.329 e. The first-order valence-corrected chi connectivity index (χ1v) is 12.5. The van der Waals surface area contributed by atoms with Gasteiger partial charge in [-0.3, -0.25) is 9.59 Å². The minimum Gasteiger partial charge on any atom is -0.490 e. The second kappa shape index (κ2) is 12.8. The Bertz CT molecular complexity index is 1310. The molecule has 3 rings (SSSR count). The van der Waals surface area contributed by atoms with Crippen LogP contribution in [0.25, 0.3) is 0 Å². The van der Waals surface area contributed by atoms with Crippen LogP contribution in [0, 0.1) is 13.8 Å². The van der Waals surface area contributed by atoms with Gasteiger partial charge in [-0.2, -0.15) is 5.10 Å². The standard InChI is InChI=1S/C26H24BrCl2N3O4/c1-4-35-23-11-17(10-21(27)24(23)36-14-18-6-7-19(28)12-22(18)29)13-30-32-26(34)25(33)31-20-8-5-15(2)16(3)9-20/h5-13H,4,14H2,1-3H3,(H,31,33)(H,32,34)/b30-13+. The van der Waals surface area contributed by atoms with Gasteiger partial charge < -0.3 is 14.8 Å². The van der Waals surface area contributed by atoms with Gasteiger partial charge in [0.1, 0.15) is 6.61 Å². The van der Waals surface area contributed by atoms with Gasteiger partial charge in [-0.1, -0.05) is 35.3 Å². The summed E-state index contributed by atoms with van der Waals surface area (Å²) in [5.41, 5.74) is 6.22. The van der Waals surface area contributed by atoms with Gasteiger partial charge in [0.15, 0.2) is 11.5 Å². The van der Waals surface area contributed by atoms with Crippen molar-refractivity contribution in [3.63, 3.8) is 0 Å². The van der Waals surface area contributed by atoms with Crippen LogP contribution in [0.2, 0.25) is 10.0 Å². The lowest BCUT2D eigenvalue weighted by Gasteiger charge is -2.15. The zero-order valence-corrected chi connectivity index (χ0v) is 22.9. The molecule has 3 aromatic rings. The molecule has 7 nitrogen and oxygen atoms in total. The van der Waals surface area contributed by atoms with Crippen molar-refractivity contribution in [1.29, 1.82) is 0 Å². The van der Waals surface area contributed by atoms with Crippen LogP contribution in [0.4, 0.5) is 5.69 Å². The SMILES string of the molecule is CCOc1cc(/C=N/NC(=O)C(=O)Nc2ccc(C)c(C)c2)cc(Br)c1OCc1ccc(Cl)cc1Cl. The molecule has 0 heterocycles. The smallest absolute Gasteiger partial charge is 0.329 e. The summed E-state index contributed by atoms with van der Waals surface area (Å²) in [4.78, 5) is 24.3. The van der Waals surface area contributed by atoms with Crippen LogP contribution in [0.3, 0.4) is 0 Å². The summed E-state index contributed by atoms with van der Waals surface area (Å²) >= 11 is 15.7. The number of nitrogens with zero attached hydrogens (tertiary/aromatic N) is 1. The average molecular weight is 593 g/mol. The van der Waals surface area contributed by atoms with Crippen LogP contribution < -0.4 is 20.2 Å². The molecule has 0 saturated heterocycles. The molecule has 10 heteroatoms. The summed E-state index contributed by atoms with van der Waals surface area (Å²) in [5, 5.41) is 7.48. The van der Waals surface area contributed by atoms with Crippen molar-refractivity contribution >= 4 is 62.8 Å². The monoisotopic (exact) mass is 591 g/mol. The van der Waals surface area contributed by atoms with E-state index in [1.807, 2.05) is 26.8 Å². The van der Waals surface area contributed by atoms with Crippen LogP contribution in [0.1, 0.15) is 29.2 Å². The summed E-state index contributed by atoms with van der Waals surface area (Å²) in [6.45, 7) is 6.34. The fourth-order valence-corrected chi connectivity index (χ4v) is 4.11. The van der Waals surface area contributed by atoms with E-state index in [4.69, 9.17) is 32.7 Å². The molecule has 0 radical (unpaired) electrons. The first-order valence-electron chi connectivity index (χ1n) is 10.9. The van der Waals surface area contributed by atoms with E-state index in [1.54, 1.807) is 42.5 Å². The molecule has 0 fully saturated rings. The van der Waals surface area contributed by atoms with Crippen molar-refractivity contribution in [2.75, 3.05) is 11.9 Å². The molecule has 0 atom stereocenters. The van der Waals surface area contributed by atoms with Crippen LogP contribution in [0.15, 0.2) is 58.1 Å². The molecule has 0 aromatic heterocycles. The van der Waals surface area contributed by atoms with E-state index in [2.05, 4.69) is 31.8 Å². The molecular formula is C26H24BrCl2N3O4. The minimum absolute atomic E-state index is 0.202. The Kier molecular flexibility index (Phi) is 9.75. The van der Waals surface area contributed by atoms with Crippen LogP contribution in [-0.2, 0) is 16.2 Å². The van der Waals surface area contributed by atoms with E-state index in [0.29, 0.717) is 43.9 Å².